The number of aromatic amines is 1. The molecule has 286 valence electrons. The molecule has 1 aromatic heterocycles. The fourth-order valence-corrected chi connectivity index (χ4v) is 6.99. The van der Waals surface area contributed by atoms with Gasteiger partial charge < -0.3 is 10.4 Å². The molecule has 0 aliphatic carbocycles. The molecule has 1 amide bonds. The van der Waals surface area contributed by atoms with Crippen molar-refractivity contribution < 1.29 is 35.8 Å². The van der Waals surface area contributed by atoms with Crippen molar-refractivity contribution in [2.75, 3.05) is 5.32 Å². The van der Waals surface area contributed by atoms with E-state index < -0.39 is 52.7 Å². The molecule has 53 heavy (non-hydrogen) atoms. The second-order valence-corrected chi connectivity index (χ2v) is 15.8. The minimum atomic E-state index is -5.00. The zero-order valence-corrected chi connectivity index (χ0v) is 31.3. The molecule has 0 spiro atoms. The Morgan fingerprint density at radius 3 is 1.81 bits per heavy atom. The van der Waals surface area contributed by atoms with Gasteiger partial charge in [-0.1, -0.05) is 108 Å². The number of rotatable bonds is 21. The number of phenolic OH excluding ortho intramolecular Hbond substituents is 1. The number of benzene rings is 3. The second-order valence-electron chi connectivity index (χ2n) is 12.9. The molecular formula is C37H47N5O9S2. The van der Waals surface area contributed by atoms with E-state index in [1.54, 1.807) is 42.5 Å². The number of hydrogen-bond donors (Lipinski definition) is 5. The van der Waals surface area contributed by atoms with Crippen molar-refractivity contribution in [1.29, 1.82) is 0 Å². The molecular weight excluding hydrogens is 723 g/mol. The van der Waals surface area contributed by atoms with Gasteiger partial charge in [0, 0.05) is 5.56 Å². The van der Waals surface area contributed by atoms with E-state index in [4.69, 9.17) is 0 Å². The van der Waals surface area contributed by atoms with Crippen molar-refractivity contribution in [2.45, 2.75) is 107 Å². The van der Waals surface area contributed by atoms with E-state index in [1.807, 2.05) is 6.07 Å². The van der Waals surface area contributed by atoms with Gasteiger partial charge in [0.15, 0.2) is 11.5 Å². The molecule has 0 saturated carbocycles. The lowest BCUT2D eigenvalue weighted by Crippen LogP contribution is -2.15. The van der Waals surface area contributed by atoms with Crippen LogP contribution in [0.2, 0.25) is 0 Å². The summed E-state index contributed by atoms with van der Waals surface area (Å²) >= 11 is 0. The van der Waals surface area contributed by atoms with Crippen LogP contribution in [-0.4, -0.2) is 46.7 Å². The summed E-state index contributed by atoms with van der Waals surface area (Å²) in [4.78, 5) is 24.8. The van der Waals surface area contributed by atoms with Gasteiger partial charge in [0.1, 0.15) is 11.4 Å². The molecule has 5 N–H and O–H groups in total. The summed E-state index contributed by atoms with van der Waals surface area (Å²) in [7, 11) is -10.00. The molecule has 0 radical (unpaired) electrons. The van der Waals surface area contributed by atoms with Gasteiger partial charge >= 0.3 is 5.56 Å². The molecule has 4 aromatic rings. The Bertz CT molecular complexity index is 2100. The number of nitrogens with one attached hydrogen (secondary N) is 2. The number of para-hydroxylation sites is 1. The van der Waals surface area contributed by atoms with E-state index in [-0.39, 0.29) is 17.3 Å². The number of unbranched alkanes of at least 4 members (excludes halogenated alkanes) is 12. The maximum atomic E-state index is 13.5. The van der Waals surface area contributed by atoms with Crippen molar-refractivity contribution in [3.8, 4) is 11.4 Å². The topological polar surface area (TPSA) is 221 Å². The molecule has 1 heterocycles. The predicted octanol–water partition coefficient (Wildman–Crippen LogP) is 8.67. The number of phenols is 1. The third-order valence-corrected chi connectivity index (χ3v) is 10.4. The van der Waals surface area contributed by atoms with Crippen LogP contribution in [0.3, 0.4) is 0 Å². The first-order valence-corrected chi connectivity index (χ1v) is 20.7. The van der Waals surface area contributed by atoms with E-state index in [9.17, 15) is 40.6 Å². The molecule has 3 aromatic carbocycles. The number of H-pyrrole nitrogens is 1. The van der Waals surface area contributed by atoms with Crippen molar-refractivity contribution in [1.82, 2.24) is 9.78 Å². The van der Waals surface area contributed by atoms with Crippen LogP contribution in [0, 0.1) is 0 Å². The van der Waals surface area contributed by atoms with Gasteiger partial charge in [0.2, 0.25) is 0 Å². The number of carbonyl (C=O) groups is 1. The van der Waals surface area contributed by atoms with Crippen molar-refractivity contribution in [3.05, 3.63) is 88.2 Å². The van der Waals surface area contributed by atoms with Gasteiger partial charge in [-0.15, -0.1) is 10.2 Å². The Labute approximate surface area is 309 Å². The summed E-state index contributed by atoms with van der Waals surface area (Å²) < 4.78 is 67.1. The number of aromatic hydroxyl groups is 1. The van der Waals surface area contributed by atoms with E-state index in [0.29, 0.717) is 23.9 Å². The average molecular weight is 770 g/mol. The van der Waals surface area contributed by atoms with E-state index in [1.165, 1.54) is 70.6 Å². The number of carbonyl (C=O) groups excluding carboxylic acids is 1. The molecule has 16 heteroatoms. The highest BCUT2D eigenvalue weighted by molar-refractivity contribution is 7.86. The highest BCUT2D eigenvalue weighted by Crippen LogP contribution is 2.31. The van der Waals surface area contributed by atoms with Crippen molar-refractivity contribution in [2.24, 2.45) is 10.2 Å². The molecule has 0 aliphatic rings. The zero-order valence-electron chi connectivity index (χ0n) is 29.7. The number of amides is 1. The fourth-order valence-electron chi connectivity index (χ4n) is 5.81. The lowest BCUT2D eigenvalue weighted by molar-refractivity contribution is 0.102. The Morgan fingerprint density at radius 2 is 1.28 bits per heavy atom. The Kier molecular flexibility index (Phi) is 15.1. The molecule has 14 nitrogen and oxygen atoms in total. The van der Waals surface area contributed by atoms with Gasteiger partial charge in [-0.05, 0) is 60.9 Å². The number of hydrogen-bond acceptors (Lipinski definition) is 9. The van der Waals surface area contributed by atoms with E-state index >= 15 is 0 Å². The van der Waals surface area contributed by atoms with Gasteiger partial charge in [-0.3, -0.25) is 23.8 Å². The van der Waals surface area contributed by atoms with E-state index in [0.717, 1.165) is 29.5 Å². The largest absolute Gasteiger partial charge is 0.506 e. The lowest BCUT2D eigenvalue weighted by Gasteiger charge is -2.08. The third-order valence-electron chi connectivity index (χ3n) is 8.72. The van der Waals surface area contributed by atoms with Crippen LogP contribution in [0.5, 0.6) is 5.75 Å². The van der Waals surface area contributed by atoms with Gasteiger partial charge in [-0.25, -0.2) is 4.68 Å². The van der Waals surface area contributed by atoms with E-state index in [2.05, 4.69) is 27.6 Å². The smallest absolute Gasteiger partial charge is 0.301 e. The maximum absolute atomic E-state index is 13.5. The van der Waals surface area contributed by atoms with Gasteiger partial charge in [0.05, 0.1) is 15.5 Å². The Hall–Kier alpha value is -4.64. The van der Waals surface area contributed by atoms with Crippen LogP contribution in [0.15, 0.2) is 91.5 Å². The predicted molar refractivity (Wildman–Crippen MR) is 202 cm³/mol. The van der Waals surface area contributed by atoms with Crippen LogP contribution in [0.4, 0.5) is 17.2 Å². The molecule has 0 fully saturated rings. The number of nitrogens with zero attached hydrogens (tertiary/aromatic N) is 3. The maximum Gasteiger partial charge on any atom is 0.301 e. The van der Waals surface area contributed by atoms with Crippen molar-refractivity contribution >= 4 is 43.3 Å². The highest BCUT2D eigenvalue weighted by atomic mass is 32.2. The first-order chi connectivity index (χ1) is 25.3. The summed E-state index contributed by atoms with van der Waals surface area (Å²) in [6.07, 6.45) is 17.1. The first-order valence-electron chi connectivity index (χ1n) is 17.8. The number of anilines is 1. The minimum Gasteiger partial charge on any atom is -0.506 e. The van der Waals surface area contributed by atoms with Crippen LogP contribution < -0.4 is 10.9 Å². The highest BCUT2D eigenvalue weighted by Gasteiger charge is 2.23. The Balaban J connectivity index is 1.44. The van der Waals surface area contributed by atoms with Crippen LogP contribution in [0.25, 0.3) is 5.69 Å². The number of aryl methyl sites for hydroxylation is 1. The summed E-state index contributed by atoms with van der Waals surface area (Å²) in [5.74, 6) is -1.60. The average Bonchev–Trinajstić information content (AvgIpc) is 3.43. The third kappa shape index (κ3) is 12.5. The second kappa shape index (κ2) is 19.4. The SMILES string of the molecule is CCCCCCCCCCCCCCCc1ccc(N=Nc2c(NC(=O)c3cc(S(=O)(=O)O)cc(S(=O)(=O)O)c3)[nH]n(-c3ccccc3)c2=O)c(O)c1. The summed E-state index contributed by atoms with van der Waals surface area (Å²) in [6.45, 7) is 2.24. The number of azo groups is 1. The molecule has 4 rings (SSSR count). The van der Waals surface area contributed by atoms with Gasteiger partial charge in [-0.2, -0.15) is 16.8 Å². The summed E-state index contributed by atoms with van der Waals surface area (Å²) in [5, 5.41) is 23.8. The molecule has 0 bridgehead atoms. The van der Waals surface area contributed by atoms with Gasteiger partial charge in [0.25, 0.3) is 26.1 Å². The normalized spacial score (nSPS) is 12.1. The van der Waals surface area contributed by atoms with Crippen LogP contribution in [-0.2, 0) is 26.7 Å². The summed E-state index contributed by atoms with van der Waals surface area (Å²) in [5.41, 5.74) is -0.418. The molecule has 0 unspecified atom stereocenters. The molecule has 0 aliphatic heterocycles. The standard InChI is InChI=1S/C37H47N5O9S2/c1-2-3-4-5-6-7-8-9-10-11-12-13-15-18-27-21-22-32(33(43)23-27)39-40-34-35(41-42(37(34)45)29-19-16-14-17-20-29)38-36(44)28-24-30(52(46,47)48)26-31(25-28)53(49,50)51/h14,16-17,19-26,41,43H,2-13,15,18H2,1H3,(H,38,44)(H,46,47,48)(H,49,50,51). The van der Waals surface area contributed by atoms with Crippen molar-refractivity contribution in [3.63, 3.8) is 0 Å². The first kappa shape index (κ1) is 41.1. The molecule has 0 atom stereocenters. The Morgan fingerprint density at radius 1 is 0.736 bits per heavy atom. The fraction of sp³-hybridized carbons (Fsp3) is 0.405. The monoisotopic (exact) mass is 769 g/mol. The zero-order chi connectivity index (χ0) is 38.4. The summed E-state index contributed by atoms with van der Waals surface area (Å²) in [6, 6.07) is 15.1. The van der Waals surface area contributed by atoms with Crippen LogP contribution >= 0.6 is 0 Å². The number of aromatic nitrogens is 2. The van der Waals surface area contributed by atoms with Crippen LogP contribution in [0.1, 0.15) is 106 Å². The lowest BCUT2D eigenvalue weighted by atomic mass is 10.0. The quantitative estimate of drug-likeness (QED) is 0.0310. The minimum absolute atomic E-state index is 0.0573. The molecule has 0 saturated heterocycles.